The van der Waals surface area contributed by atoms with E-state index in [0.717, 1.165) is 11.1 Å². The van der Waals surface area contributed by atoms with Gasteiger partial charge in [-0.1, -0.05) is 35.4 Å². The minimum absolute atomic E-state index is 0.00907. The molecule has 0 saturated heterocycles. The third-order valence-corrected chi connectivity index (χ3v) is 7.43. The second-order valence-electron chi connectivity index (χ2n) is 7.03. The Morgan fingerprint density at radius 3 is 1.77 bits per heavy atom. The Bertz CT molecular complexity index is 1060. The molecule has 0 heterocycles. The molecule has 0 radical (unpaired) electrons. The van der Waals surface area contributed by atoms with Crippen LogP contribution in [-0.2, 0) is 24.8 Å². The van der Waals surface area contributed by atoms with E-state index in [4.69, 9.17) is 0 Å². The van der Waals surface area contributed by atoms with Crippen molar-refractivity contribution in [3.8, 4) is 0 Å². The van der Waals surface area contributed by atoms with E-state index < -0.39 is 32.1 Å². The predicted molar refractivity (Wildman–Crippen MR) is 113 cm³/mol. The Balaban J connectivity index is 1.87. The summed E-state index contributed by atoms with van der Waals surface area (Å²) < 4.78 is 53.9. The predicted octanol–water partition coefficient (Wildman–Crippen LogP) is 2.18. The quantitative estimate of drug-likeness (QED) is 0.446. The summed E-state index contributed by atoms with van der Waals surface area (Å²) in [7, 11) is -7.61. The summed E-state index contributed by atoms with van der Waals surface area (Å²) >= 11 is 0. The lowest BCUT2D eigenvalue weighted by Gasteiger charge is -2.15. The van der Waals surface area contributed by atoms with Gasteiger partial charge in [-0.2, -0.15) is 4.72 Å². The van der Waals surface area contributed by atoms with Gasteiger partial charge in [-0.15, -0.1) is 0 Å². The van der Waals surface area contributed by atoms with E-state index in [2.05, 4.69) is 9.44 Å². The Labute approximate surface area is 177 Å². The van der Waals surface area contributed by atoms with Crippen molar-refractivity contribution in [3.05, 3.63) is 59.7 Å². The van der Waals surface area contributed by atoms with Crippen molar-refractivity contribution in [3.63, 3.8) is 0 Å². The lowest BCUT2D eigenvalue weighted by Crippen LogP contribution is -2.40. The van der Waals surface area contributed by atoms with Gasteiger partial charge in [0.15, 0.2) is 0 Å². The van der Waals surface area contributed by atoms with Gasteiger partial charge in [0.25, 0.3) is 0 Å². The summed E-state index contributed by atoms with van der Waals surface area (Å²) in [5.41, 5.74) is 1.83. The number of aryl methyl sites for hydroxylation is 2. The van der Waals surface area contributed by atoms with Crippen LogP contribution in [0.2, 0.25) is 0 Å². The van der Waals surface area contributed by atoms with Gasteiger partial charge in [-0.05, 0) is 57.4 Å². The van der Waals surface area contributed by atoms with Gasteiger partial charge < -0.3 is 5.11 Å². The zero-order chi connectivity index (χ0) is 22.4. The fourth-order valence-corrected chi connectivity index (χ4v) is 4.98. The first kappa shape index (κ1) is 24.0. The highest BCUT2D eigenvalue weighted by atomic mass is 32.2. The lowest BCUT2D eigenvalue weighted by molar-refractivity contribution is -0.139. The number of sulfonamides is 2. The number of hydrogen-bond donors (Lipinski definition) is 3. The van der Waals surface area contributed by atoms with Crippen molar-refractivity contribution in [2.75, 3.05) is 6.54 Å². The maximum Gasteiger partial charge on any atom is 0.321 e. The van der Waals surface area contributed by atoms with Crippen LogP contribution >= 0.6 is 0 Å². The van der Waals surface area contributed by atoms with Crippen LogP contribution in [0.1, 0.15) is 30.4 Å². The van der Waals surface area contributed by atoms with Crippen LogP contribution < -0.4 is 9.44 Å². The van der Waals surface area contributed by atoms with Crippen molar-refractivity contribution in [1.82, 2.24) is 9.44 Å². The SMILES string of the molecule is Cc1ccc(S(=O)(=O)NCCCC[C@@H](NS(=O)(=O)c2ccc(C)cc2)C(=O)O)cc1. The van der Waals surface area contributed by atoms with Crippen molar-refractivity contribution in [2.24, 2.45) is 0 Å². The summed E-state index contributed by atoms with van der Waals surface area (Å²) in [4.78, 5) is 11.6. The van der Waals surface area contributed by atoms with Gasteiger partial charge in [0.1, 0.15) is 6.04 Å². The molecule has 0 fully saturated rings. The zero-order valence-electron chi connectivity index (χ0n) is 16.8. The summed E-state index contributed by atoms with van der Waals surface area (Å²) in [5, 5.41) is 9.35. The van der Waals surface area contributed by atoms with Gasteiger partial charge >= 0.3 is 5.97 Å². The van der Waals surface area contributed by atoms with E-state index in [1.165, 1.54) is 24.3 Å². The lowest BCUT2D eigenvalue weighted by atomic mass is 10.1. The molecule has 0 amide bonds. The molecular weight excluding hydrogens is 428 g/mol. The maximum absolute atomic E-state index is 12.4. The molecule has 8 nitrogen and oxygen atoms in total. The number of unbranched alkanes of at least 4 members (excludes halogenated alkanes) is 1. The number of nitrogens with one attached hydrogen (secondary N) is 2. The van der Waals surface area contributed by atoms with E-state index in [9.17, 15) is 26.7 Å². The highest BCUT2D eigenvalue weighted by molar-refractivity contribution is 7.89. The molecule has 10 heteroatoms. The van der Waals surface area contributed by atoms with Gasteiger partial charge in [-0.3, -0.25) is 4.79 Å². The number of carbonyl (C=O) groups is 1. The molecule has 0 aliphatic heterocycles. The molecule has 2 rings (SSSR count). The monoisotopic (exact) mass is 454 g/mol. The molecule has 0 aliphatic carbocycles. The molecular formula is C20H26N2O6S2. The van der Waals surface area contributed by atoms with E-state index >= 15 is 0 Å². The van der Waals surface area contributed by atoms with Crippen molar-refractivity contribution in [1.29, 1.82) is 0 Å². The fourth-order valence-electron chi connectivity index (χ4n) is 2.69. The zero-order valence-corrected chi connectivity index (χ0v) is 18.5. The van der Waals surface area contributed by atoms with Gasteiger partial charge in [-0.25, -0.2) is 21.6 Å². The first-order chi connectivity index (χ1) is 14.0. The van der Waals surface area contributed by atoms with E-state index in [1.54, 1.807) is 24.3 Å². The molecule has 0 bridgehead atoms. The average molecular weight is 455 g/mol. The summed E-state index contributed by atoms with van der Waals surface area (Å²) in [6, 6.07) is 11.2. The summed E-state index contributed by atoms with van der Waals surface area (Å²) in [6.45, 7) is 3.79. The third kappa shape index (κ3) is 6.91. The maximum atomic E-state index is 12.4. The van der Waals surface area contributed by atoms with Gasteiger partial charge in [0.05, 0.1) is 9.79 Å². The van der Waals surface area contributed by atoms with E-state index in [-0.39, 0.29) is 22.8 Å². The Morgan fingerprint density at radius 1 is 0.833 bits per heavy atom. The van der Waals surface area contributed by atoms with Crippen LogP contribution in [-0.4, -0.2) is 40.5 Å². The van der Waals surface area contributed by atoms with Crippen LogP contribution in [0.4, 0.5) is 0 Å². The van der Waals surface area contributed by atoms with Crippen molar-refractivity contribution >= 4 is 26.0 Å². The standard InChI is InChI=1S/C20H26N2O6S2/c1-15-6-10-17(11-7-15)29(25,26)21-14-4-3-5-19(20(23)24)22-30(27,28)18-12-8-16(2)9-13-18/h6-13,19,21-22H,3-5,14H2,1-2H3,(H,23,24)/t19-/m1/s1. The normalized spacial score (nSPS) is 13.1. The summed E-state index contributed by atoms with van der Waals surface area (Å²) in [5.74, 6) is -1.29. The van der Waals surface area contributed by atoms with Gasteiger partial charge in [0.2, 0.25) is 20.0 Å². The first-order valence-electron chi connectivity index (χ1n) is 9.39. The molecule has 2 aromatic carbocycles. The molecule has 0 aliphatic rings. The minimum atomic E-state index is -3.97. The average Bonchev–Trinajstić information content (AvgIpc) is 2.67. The molecule has 0 unspecified atom stereocenters. The molecule has 0 saturated carbocycles. The Kier molecular flexibility index (Phi) is 8.13. The largest absolute Gasteiger partial charge is 0.480 e. The second-order valence-corrected chi connectivity index (χ2v) is 10.5. The molecule has 0 aromatic heterocycles. The second kappa shape index (κ2) is 10.2. The smallest absolute Gasteiger partial charge is 0.321 e. The molecule has 164 valence electrons. The fraction of sp³-hybridized carbons (Fsp3) is 0.350. The third-order valence-electron chi connectivity index (χ3n) is 4.47. The number of benzene rings is 2. The Morgan fingerprint density at radius 2 is 1.30 bits per heavy atom. The topological polar surface area (TPSA) is 130 Å². The molecule has 1 atom stereocenters. The number of aliphatic carboxylic acids is 1. The van der Waals surface area contributed by atoms with Crippen LogP contribution in [0.15, 0.2) is 58.3 Å². The van der Waals surface area contributed by atoms with Gasteiger partial charge in [0, 0.05) is 6.54 Å². The van der Waals surface area contributed by atoms with Crippen molar-refractivity contribution < 1.29 is 26.7 Å². The first-order valence-corrected chi connectivity index (χ1v) is 12.4. The summed E-state index contributed by atoms with van der Waals surface area (Å²) in [6.07, 6.45) is 0.720. The van der Waals surface area contributed by atoms with E-state index in [1.807, 2.05) is 13.8 Å². The number of carboxylic acid groups (broad SMARTS) is 1. The number of hydrogen-bond acceptors (Lipinski definition) is 5. The molecule has 3 N–H and O–H groups in total. The highest BCUT2D eigenvalue weighted by Gasteiger charge is 2.25. The van der Waals surface area contributed by atoms with Crippen LogP contribution in [0.3, 0.4) is 0 Å². The number of carboxylic acids is 1. The molecule has 0 spiro atoms. The molecule has 2 aromatic rings. The van der Waals surface area contributed by atoms with Crippen LogP contribution in [0.25, 0.3) is 0 Å². The van der Waals surface area contributed by atoms with Crippen molar-refractivity contribution in [2.45, 2.75) is 48.9 Å². The van der Waals surface area contributed by atoms with Crippen LogP contribution in [0, 0.1) is 13.8 Å². The van der Waals surface area contributed by atoms with E-state index in [0.29, 0.717) is 12.8 Å². The van der Waals surface area contributed by atoms with Crippen LogP contribution in [0.5, 0.6) is 0 Å². The Hall–Kier alpha value is -2.27. The minimum Gasteiger partial charge on any atom is -0.480 e. The number of rotatable bonds is 11. The highest BCUT2D eigenvalue weighted by Crippen LogP contribution is 2.13. The molecule has 30 heavy (non-hydrogen) atoms.